The zero-order chi connectivity index (χ0) is 18.8. The molecule has 8 heteroatoms. The number of piperazine rings is 1. The normalized spacial score (nSPS) is 20.3. The Morgan fingerprint density at radius 1 is 1.04 bits per heavy atom. The second-order valence-electron chi connectivity index (χ2n) is 7.68. The number of halogens is 1. The van der Waals surface area contributed by atoms with Gasteiger partial charge in [0.15, 0.2) is 11.6 Å². The second kappa shape index (κ2) is 7.90. The van der Waals surface area contributed by atoms with E-state index in [4.69, 9.17) is 0 Å². The molecule has 4 heterocycles. The molecule has 0 aromatic carbocycles. The van der Waals surface area contributed by atoms with Gasteiger partial charge in [-0.1, -0.05) is 0 Å². The van der Waals surface area contributed by atoms with Gasteiger partial charge in [0.25, 0.3) is 0 Å². The Balaban J connectivity index is 1.37. The lowest BCUT2D eigenvalue weighted by Crippen LogP contribution is -2.44. The third kappa shape index (κ3) is 3.96. The van der Waals surface area contributed by atoms with Crippen LogP contribution in [0.25, 0.3) is 0 Å². The number of likely N-dealkylation sites (N-methyl/N-ethyl adjacent to an activating group) is 1. The Morgan fingerprint density at radius 3 is 2.48 bits per heavy atom. The molecule has 0 unspecified atom stereocenters. The largest absolute Gasteiger partial charge is 0.354 e. The molecular formula is C19H28FN7. The number of hydrogen-bond donors (Lipinski definition) is 0. The third-order valence-corrected chi connectivity index (χ3v) is 5.86. The van der Waals surface area contributed by atoms with E-state index in [1.165, 1.54) is 6.07 Å². The summed E-state index contributed by atoms with van der Waals surface area (Å²) in [5.41, 5.74) is 0. The molecule has 2 aromatic heterocycles. The van der Waals surface area contributed by atoms with Crippen molar-refractivity contribution in [2.75, 3.05) is 51.2 Å². The molecule has 0 amide bonds. The first kappa shape index (κ1) is 18.3. The number of anilines is 1. The zero-order valence-corrected chi connectivity index (χ0v) is 16.2. The number of nitrogens with zero attached hydrogens (tertiary/aromatic N) is 7. The first-order valence-electron chi connectivity index (χ1n) is 9.76. The maximum absolute atomic E-state index is 14.0. The van der Waals surface area contributed by atoms with Gasteiger partial charge >= 0.3 is 0 Å². The van der Waals surface area contributed by atoms with Crippen LogP contribution in [0.3, 0.4) is 0 Å². The molecule has 0 bridgehead atoms. The standard InChI is InChI=1S/C19H28FN7/c1-24-10-12-26(13-11-24)14-17-22-23-18(25(17)2)15-5-8-27(9-6-15)19-16(20)4-3-7-21-19/h3-4,7,15H,5-6,8-14H2,1-2H3. The molecule has 0 aliphatic carbocycles. The summed E-state index contributed by atoms with van der Waals surface area (Å²) in [6, 6.07) is 3.11. The van der Waals surface area contributed by atoms with Crippen LogP contribution >= 0.6 is 0 Å². The van der Waals surface area contributed by atoms with Gasteiger partial charge in [0.1, 0.15) is 11.6 Å². The van der Waals surface area contributed by atoms with Crippen molar-refractivity contribution >= 4 is 5.82 Å². The molecule has 146 valence electrons. The molecule has 2 aliphatic rings. The highest BCUT2D eigenvalue weighted by molar-refractivity contribution is 5.40. The summed E-state index contributed by atoms with van der Waals surface area (Å²) in [5, 5.41) is 8.97. The van der Waals surface area contributed by atoms with Crippen LogP contribution in [-0.2, 0) is 13.6 Å². The van der Waals surface area contributed by atoms with Gasteiger partial charge in [0.2, 0.25) is 0 Å². The Morgan fingerprint density at radius 2 is 1.78 bits per heavy atom. The van der Waals surface area contributed by atoms with Gasteiger partial charge in [-0.05, 0) is 32.0 Å². The Hall–Kier alpha value is -2.06. The van der Waals surface area contributed by atoms with Gasteiger partial charge in [-0.15, -0.1) is 10.2 Å². The average Bonchev–Trinajstić information content (AvgIpc) is 3.05. The van der Waals surface area contributed by atoms with Crippen molar-refractivity contribution in [2.45, 2.75) is 25.3 Å². The van der Waals surface area contributed by atoms with E-state index in [-0.39, 0.29) is 5.82 Å². The Labute approximate surface area is 159 Å². The molecule has 0 spiro atoms. The van der Waals surface area contributed by atoms with Crippen molar-refractivity contribution in [3.63, 3.8) is 0 Å². The molecule has 0 atom stereocenters. The first-order chi connectivity index (χ1) is 13.1. The maximum Gasteiger partial charge on any atom is 0.165 e. The molecule has 4 rings (SSSR count). The van der Waals surface area contributed by atoms with E-state index in [1.807, 2.05) is 4.90 Å². The molecule has 0 radical (unpaired) electrons. The van der Waals surface area contributed by atoms with E-state index in [0.29, 0.717) is 11.7 Å². The smallest absolute Gasteiger partial charge is 0.165 e. The highest BCUT2D eigenvalue weighted by Crippen LogP contribution is 2.29. The lowest BCUT2D eigenvalue weighted by Gasteiger charge is -2.33. The number of pyridine rings is 1. The van der Waals surface area contributed by atoms with Crippen LogP contribution in [0.4, 0.5) is 10.2 Å². The SMILES string of the molecule is CN1CCN(Cc2nnc(C3CCN(c4ncccc4F)CC3)n2C)CC1. The van der Waals surface area contributed by atoms with Gasteiger partial charge in [-0.25, -0.2) is 9.37 Å². The number of aromatic nitrogens is 4. The predicted molar refractivity (Wildman–Crippen MR) is 102 cm³/mol. The zero-order valence-electron chi connectivity index (χ0n) is 16.2. The van der Waals surface area contributed by atoms with Crippen LogP contribution in [0, 0.1) is 5.82 Å². The minimum atomic E-state index is -0.246. The predicted octanol–water partition coefficient (Wildman–Crippen LogP) is 1.48. The highest BCUT2D eigenvalue weighted by atomic mass is 19.1. The summed E-state index contributed by atoms with van der Waals surface area (Å²) in [4.78, 5) is 11.0. The summed E-state index contributed by atoms with van der Waals surface area (Å²) in [6.45, 7) is 6.80. The minimum Gasteiger partial charge on any atom is -0.354 e. The van der Waals surface area contributed by atoms with E-state index in [0.717, 1.165) is 70.3 Å². The van der Waals surface area contributed by atoms with Crippen LogP contribution in [0.1, 0.15) is 30.4 Å². The van der Waals surface area contributed by atoms with Crippen LogP contribution in [0.5, 0.6) is 0 Å². The van der Waals surface area contributed by atoms with E-state index in [2.05, 4.69) is 43.6 Å². The minimum absolute atomic E-state index is 0.246. The molecule has 7 nitrogen and oxygen atoms in total. The van der Waals surface area contributed by atoms with Crippen molar-refractivity contribution in [3.8, 4) is 0 Å². The van der Waals surface area contributed by atoms with Gasteiger partial charge in [-0.2, -0.15) is 0 Å². The highest BCUT2D eigenvalue weighted by Gasteiger charge is 2.27. The Kier molecular flexibility index (Phi) is 5.36. The summed E-state index contributed by atoms with van der Waals surface area (Å²) >= 11 is 0. The molecule has 2 aliphatic heterocycles. The van der Waals surface area contributed by atoms with E-state index < -0.39 is 0 Å². The summed E-state index contributed by atoms with van der Waals surface area (Å²) < 4.78 is 16.1. The van der Waals surface area contributed by atoms with Crippen LogP contribution < -0.4 is 4.90 Å². The number of hydrogen-bond acceptors (Lipinski definition) is 6. The fraction of sp³-hybridized carbons (Fsp3) is 0.632. The monoisotopic (exact) mass is 373 g/mol. The van der Waals surface area contributed by atoms with Crippen molar-refractivity contribution < 1.29 is 4.39 Å². The summed E-state index contributed by atoms with van der Waals surface area (Å²) in [7, 11) is 4.24. The number of piperidine rings is 1. The van der Waals surface area contributed by atoms with Crippen molar-refractivity contribution in [1.82, 2.24) is 29.5 Å². The van der Waals surface area contributed by atoms with Crippen molar-refractivity contribution in [2.24, 2.45) is 7.05 Å². The summed E-state index contributed by atoms with van der Waals surface area (Å²) in [6.07, 6.45) is 3.53. The molecule has 2 fully saturated rings. The molecule has 2 saturated heterocycles. The third-order valence-electron chi connectivity index (χ3n) is 5.86. The fourth-order valence-corrected chi connectivity index (χ4v) is 4.03. The molecule has 2 aromatic rings. The van der Waals surface area contributed by atoms with Gasteiger partial charge in [-0.3, -0.25) is 4.90 Å². The van der Waals surface area contributed by atoms with Crippen LogP contribution in [0.15, 0.2) is 18.3 Å². The molecule has 27 heavy (non-hydrogen) atoms. The first-order valence-corrected chi connectivity index (χ1v) is 9.76. The van der Waals surface area contributed by atoms with E-state index >= 15 is 0 Å². The van der Waals surface area contributed by atoms with Crippen LogP contribution in [-0.4, -0.2) is 75.9 Å². The lowest BCUT2D eigenvalue weighted by molar-refractivity contribution is 0.144. The number of rotatable bonds is 4. The maximum atomic E-state index is 14.0. The average molecular weight is 373 g/mol. The Bertz CT molecular complexity index is 761. The van der Waals surface area contributed by atoms with Crippen LogP contribution in [0.2, 0.25) is 0 Å². The van der Waals surface area contributed by atoms with Gasteiger partial charge in [0.05, 0.1) is 6.54 Å². The van der Waals surface area contributed by atoms with Crippen molar-refractivity contribution in [1.29, 1.82) is 0 Å². The topological polar surface area (TPSA) is 53.3 Å². The van der Waals surface area contributed by atoms with Gasteiger partial charge < -0.3 is 14.4 Å². The van der Waals surface area contributed by atoms with Crippen molar-refractivity contribution in [3.05, 3.63) is 35.8 Å². The summed E-state index contributed by atoms with van der Waals surface area (Å²) in [5.74, 6) is 2.67. The van der Waals surface area contributed by atoms with E-state index in [1.54, 1.807) is 12.3 Å². The van der Waals surface area contributed by atoms with E-state index in [9.17, 15) is 4.39 Å². The van der Waals surface area contributed by atoms with Gasteiger partial charge in [0, 0.05) is 58.4 Å². The molecule has 0 saturated carbocycles. The quantitative estimate of drug-likeness (QED) is 0.809. The second-order valence-corrected chi connectivity index (χ2v) is 7.68. The molecular weight excluding hydrogens is 345 g/mol. The fourth-order valence-electron chi connectivity index (χ4n) is 4.03. The lowest BCUT2D eigenvalue weighted by atomic mass is 9.96. The molecule has 0 N–H and O–H groups in total.